The number of ether oxygens (including phenoxy) is 1. The summed E-state index contributed by atoms with van der Waals surface area (Å²) in [6, 6.07) is 16.8. The molecule has 1 heterocycles. The van der Waals surface area contributed by atoms with Gasteiger partial charge in [-0.15, -0.1) is 0 Å². The van der Waals surface area contributed by atoms with Crippen molar-refractivity contribution >= 4 is 22.8 Å². The van der Waals surface area contributed by atoms with E-state index >= 15 is 0 Å². The highest BCUT2D eigenvalue weighted by Gasteiger charge is 2.14. The number of rotatable bonds is 6. The number of carbonyl (C=O) groups excluding carboxylic acids is 1. The summed E-state index contributed by atoms with van der Waals surface area (Å²) in [6.07, 6.45) is 1.07. The monoisotopic (exact) mass is 376 g/mol. The molecule has 0 aliphatic carbocycles. The maximum absolute atomic E-state index is 12.5. The zero-order chi connectivity index (χ0) is 20.1. The van der Waals surface area contributed by atoms with Crippen LogP contribution in [0.2, 0.25) is 0 Å². The number of nitrogens with zero attached hydrogens (tertiary/aromatic N) is 1. The molecule has 0 aliphatic rings. The maximum atomic E-state index is 12.5. The van der Waals surface area contributed by atoms with Gasteiger partial charge in [0.2, 0.25) is 0 Å². The molecule has 0 bridgehead atoms. The molecule has 1 amide bonds. The topological polar surface area (TPSA) is 101 Å². The highest BCUT2D eigenvalue weighted by Crippen LogP contribution is 2.26. The standard InChI is InChI=1S/C22H24N4O2/c1-3-14(2)13-28-16-10-8-15(9-11-16)20-12-18(21(27)26-22(23)24)17-6-4-5-7-19(17)25-20/h4-12,14H,3,13H2,1-2H3,(H4,23,24,26,27). The molecule has 6 heteroatoms. The van der Waals surface area contributed by atoms with Crippen LogP contribution in [0.15, 0.2) is 54.6 Å². The molecule has 0 saturated heterocycles. The van der Waals surface area contributed by atoms with Crippen molar-refractivity contribution < 1.29 is 9.53 Å². The minimum absolute atomic E-state index is 0.393. The van der Waals surface area contributed by atoms with Gasteiger partial charge in [0.05, 0.1) is 23.4 Å². The Morgan fingerprint density at radius 1 is 1.21 bits per heavy atom. The van der Waals surface area contributed by atoms with Crippen LogP contribution in [-0.2, 0) is 0 Å². The number of nitrogens with one attached hydrogen (secondary N) is 2. The lowest BCUT2D eigenvalue weighted by atomic mass is 10.0. The first-order valence-corrected chi connectivity index (χ1v) is 9.26. The fourth-order valence-corrected chi connectivity index (χ4v) is 2.78. The predicted molar refractivity (Wildman–Crippen MR) is 112 cm³/mol. The molecule has 6 nitrogen and oxygen atoms in total. The number of pyridine rings is 1. The largest absolute Gasteiger partial charge is 0.493 e. The van der Waals surface area contributed by atoms with Gasteiger partial charge in [0, 0.05) is 10.9 Å². The van der Waals surface area contributed by atoms with E-state index in [1.807, 2.05) is 48.5 Å². The van der Waals surface area contributed by atoms with E-state index in [4.69, 9.17) is 15.9 Å². The van der Waals surface area contributed by atoms with Crippen LogP contribution in [0.25, 0.3) is 22.2 Å². The van der Waals surface area contributed by atoms with E-state index in [0.717, 1.165) is 17.7 Å². The summed E-state index contributed by atoms with van der Waals surface area (Å²) >= 11 is 0. The van der Waals surface area contributed by atoms with Crippen LogP contribution >= 0.6 is 0 Å². The molecule has 1 aromatic heterocycles. The van der Waals surface area contributed by atoms with E-state index in [1.54, 1.807) is 6.07 Å². The molecule has 2 aromatic carbocycles. The second-order valence-corrected chi connectivity index (χ2v) is 6.79. The normalized spacial score (nSPS) is 11.8. The molecule has 144 valence electrons. The van der Waals surface area contributed by atoms with Crippen molar-refractivity contribution in [2.24, 2.45) is 11.7 Å². The Hall–Kier alpha value is -3.41. The number of guanidine groups is 1. The van der Waals surface area contributed by atoms with E-state index < -0.39 is 11.9 Å². The molecule has 0 radical (unpaired) electrons. The lowest BCUT2D eigenvalue weighted by Gasteiger charge is -2.12. The van der Waals surface area contributed by atoms with Crippen LogP contribution in [0, 0.1) is 11.3 Å². The first kappa shape index (κ1) is 19.4. The van der Waals surface area contributed by atoms with Gasteiger partial charge in [-0.25, -0.2) is 4.98 Å². The van der Waals surface area contributed by atoms with Crippen LogP contribution < -0.4 is 15.8 Å². The zero-order valence-corrected chi connectivity index (χ0v) is 16.0. The molecule has 3 rings (SSSR count). The summed E-state index contributed by atoms with van der Waals surface area (Å²) in [6.45, 7) is 4.97. The van der Waals surface area contributed by atoms with Gasteiger partial charge in [-0.3, -0.25) is 15.5 Å². The Kier molecular flexibility index (Phi) is 5.89. The summed E-state index contributed by atoms with van der Waals surface area (Å²) in [5.74, 6) is 0.486. The highest BCUT2D eigenvalue weighted by molar-refractivity contribution is 6.12. The van der Waals surface area contributed by atoms with Gasteiger partial charge >= 0.3 is 0 Å². The lowest BCUT2D eigenvalue weighted by Crippen LogP contribution is -2.35. The van der Waals surface area contributed by atoms with Crippen molar-refractivity contribution in [3.05, 3.63) is 60.2 Å². The van der Waals surface area contributed by atoms with Crippen molar-refractivity contribution in [3.63, 3.8) is 0 Å². The van der Waals surface area contributed by atoms with Gasteiger partial charge in [-0.1, -0.05) is 38.5 Å². The summed E-state index contributed by atoms with van der Waals surface area (Å²) in [5.41, 5.74) is 7.99. The van der Waals surface area contributed by atoms with Crippen LogP contribution in [-0.4, -0.2) is 23.5 Å². The Morgan fingerprint density at radius 3 is 2.61 bits per heavy atom. The van der Waals surface area contributed by atoms with E-state index in [2.05, 4.69) is 24.1 Å². The molecule has 3 aromatic rings. The molecular weight excluding hydrogens is 352 g/mol. The second-order valence-electron chi connectivity index (χ2n) is 6.79. The summed E-state index contributed by atoms with van der Waals surface area (Å²) in [5, 5.41) is 10.4. The zero-order valence-electron chi connectivity index (χ0n) is 16.0. The summed E-state index contributed by atoms with van der Waals surface area (Å²) in [4.78, 5) is 17.2. The Morgan fingerprint density at radius 2 is 1.93 bits per heavy atom. The van der Waals surface area contributed by atoms with Crippen molar-refractivity contribution in [2.45, 2.75) is 20.3 Å². The number of aromatic nitrogens is 1. The third-order valence-corrected chi connectivity index (χ3v) is 4.59. The summed E-state index contributed by atoms with van der Waals surface area (Å²) in [7, 11) is 0. The Labute approximate surface area is 164 Å². The minimum Gasteiger partial charge on any atom is -0.493 e. The first-order chi connectivity index (χ1) is 13.5. The van der Waals surface area contributed by atoms with Gasteiger partial charge in [-0.05, 0) is 42.3 Å². The molecule has 0 spiro atoms. The fraction of sp³-hybridized carbons (Fsp3) is 0.227. The van der Waals surface area contributed by atoms with Crippen molar-refractivity contribution in [1.82, 2.24) is 10.3 Å². The van der Waals surface area contributed by atoms with Crippen LogP contribution in [0.4, 0.5) is 0 Å². The molecule has 0 fully saturated rings. The third-order valence-electron chi connectivity index (χ3n) is 4.59. The van der Waals surface area contributed by atoms with Gasteiger partial charge in [0.15, 0.2) is 5.96 Å². The number of carbonyl (C=O) groups is 1. The highest BCUT2D eigenvalue weighted by atomic mass is 16.5. The molecule has 1 unspecified atom stereocenters. The van der Waals surface area contributed by atoms with Gasteiger partial charge in [0.1, 0.15) is 5.75 Å². The Balaban J connectivity index is 1.94. The lowest BCUT2D eigenvalue weighted by molar-refractivity contribution is 0.0978. The van der Waals surface area contributed by atoms with E-state index in [1.165, 1.54) is 0 Å². The van der Waals surface area contributed by atoms with Crippen molar-refractivity contribution in [1.29, 1.82) is 5.41 Å². The number of hydrogen-bond acceptors (Lipinski definition) is 4. The molecule has 28 heavy (non-hydrogen) atoms. The number of fused-ring (bicyclic) bond motifs is 1. The van der Waals surface area contributed by atoms with Crippen LogP contribution in [0.1, 0.15) is 30.6 Å². The smallest absolute Gasteiger partial charge is 0.258 e. The van der Waals surface area contributed by atoms with Gasteiger partial charge < -0.3 is 10.5 Å². The average Bonchev–Trinajstić information content (AvgIpc) is 2.71. The minimum atomic E-state index is -0.430. The van der Waals surface area contributed by atoms with Gasteiger partial charge in [0.25, 0.3) is 5.91 Å². The number of amides is 1. The molecule has 4 N–H and O–H groups in total. The second kappa shape index (κ2) is 8.52. The first-order valence-electron chi connectivity index (χ1n) is 9.26. The predicted octanol–water partition coefficient (Wildman–Crippen LogP) is 3.95. The molecular formula is C22H24N4O2. The van der Waals surface area contributed by atoms with E-state index in [0.29, 0.717) is 34.7 Å². The van der Waals surface area contributed by atoms with E-state index in [-0.39, 0.29) is 0 Å². The average molecular weight is 376 g/mol. The quantitative estimate of drug-likeness (QED) is 0.448. The van der Waals surface area contributed by atoms with Crippen molar-refractivity contribution in [2.75, 3.05) is 6.61 Å². The van der Waals surface area contributed by atoms with Crippen molar-refractivity contribution in [3.8, 4) is 17.0 Å². The van der Waals surface area contributed by atoms with Gasteiger partial charge in [-0.2, -0.15) is 0 Å². The summed E-state index contributed by atoms with van der Waals surface area (Å²) < 4.78 is 5.80. The molecule has 0 saturated carbocycles. The number of hydrogen-bond donors (Lipinski definition) is 3. The Bertz CT molecular complexity index is 999. The number of benzene rings is 2. The maximum Gasteiger partial charge on any atom is 0.258 e. The van der Waals surface area contributed by atoms with E-state index in [9.17, 15) is 4.79 Å². The van der Waals surface area contributed by atoms with Crippen LogP contribution in [0.3, 0.4) is 0 Å². The van der Waals surface area contributed by atoms with Crippen LogP contribution in [0.5, 0.6) is 5.75 Å². The molecule has 0 aliphatic heterocycles. The number of nitrogens with two attached hydrogens (primary N) is 1. The third kappa shape index (κ3) is 4.46. The molecule has 1 atom stereocenters. The number of para-hydroxylation sites is 1. The fourth-order valence-electron chi connectivity index (χ4n) is 2.78. The SMILES string of the molecule is CCC(C)COc1ccc(-c2cc(C(=O)NC(=N)N)c3ccccc3n2)cc1.